The average molecular weight is 468 g/mol. The highest BCUT2D eigenvalue weighted by molar-refractivity contribution is 5.94. The van der Waals surface area contributed by atoms with Crippen LogP contribution >= 0.6 is 0 Å². The molecule has 8 nitrogen and oxygen atoms in total. The number of hydrogen-bond acceptors (Lipinski definition) is 6. The topological polar surface area (TPSA) is 89.5 Å². The molecule has 0 atom stereocenters. The summed E-state index contributed by atoms with van der Waals surface area (Å²) in [6.07, 6.45) is 3.70. The van der Waals surface area contributed by atoms with E-state index in [0.29, 0.717) is 62.0 Å². The number of ether oxygens (including phenoxy) is 3. The van der Waals surface area contributed by atoms with Gasteiger partial charge >= 0.3 is 0 Å². The van der Waals surface area contributed by atoms with Crippen molar-refractivity contribution < 1.29 is 23.8 Å². The molecule has 2 aromatic carbocycles. The van der Waals surface area contributed by atoms with Gasteiger partial charge in [0.15, 0.2) is 11.5 Å². The van der Waals surface area contributed by atoms with E-state index in [0.717, 1.165) is 12.0 Å². The molecule has 0 aromatic heterocycles. The van der Waals surface area contributed by atoms with Crippen LogP contribution in [0.2, 0.25) is 0 Å². The number of likely N-dealkylation sites (tertiary alicyclic amines) is 1. The molecule has 1 aliphatic rings. The van der Waals surface area contributed by atoms with Crippen molar-refractivity contribution in [2.24, 2.45) is 11.0 Å². The number of nitrogens with one attached hydrogen (secondary N) is 1. The number of hydrazone groups is 1. The van der Waals surface area contributed by atoms with Crippen molar-refractivity contribution >= 4 is 18.0 Å². The maximum Gasteiger partial charge on any atom is 0.253 e. The molecule has 2 amide bonds. The standard InChI is InChI=1S/C26H33N3O5/c1-4-16-34-23-11-6-19(17-24(23)33-5-2)18-27-28-25(30)20-12-14-29(15-13-20)26(31)21-7-9-22(32-3)10-8-21/h6-11,17-18,20H,4-5,12-16H2,1-3H3,(H,28,30)/b27-18-. The number of amides is 2. The molecule has 1 fully saturated rings. The summed E-state index contributed by atoms with van der Waals surface area (Å²) in [7, 11) is 1.59. The molecular weight excluding hydrogens is 434 g/mol. The SMILES string of the molecule is CCCOc1ccc(/C=N\NC(=O)C2CCN(C(=O)c3ccc(OC)cc3)CC2)cc1OCC. The molecular formula is C26H33N3O5. The smallest absolute Gasteiger partial charge is 0.253 e. The fourth-order valence-corrected chi connectivity index (χ4v) is 3.73. The van der Waals surface area contributed by atoms with Crippen LogP contribution in [-0.4, -0.2) is 56.3 Å². The number of piperidine rings is 1. The predicted molar refractivity (Wildman–Crippen MR) is 131 cm³/mol. The Labute approximate surface area is 200 Å². The van der Waals surface area contributed by atoms with Gasteiger partial charge < -0.3 is 19.1 Å². The molecule has 8 heteroatoms. The van der Waals surface area contributed by atoms with Crippen LogP contribution in [0.5, 0.6) is 17.2 Å². The van der Waals surface area contributed by atoms with Gasteiger partial charge in [-0.3, -0.25) is 9.59 Å². The van der Waals surface area contributed by atoms with Gasteiger partial charge in [-0.1, -0.05) is 6.92 Å². The zero-order valence-electron chi connectivity index (χ0n) is 20.1. The number of hydrogen-bond donors (Lipinski definition) is 1. The van der Waals surface area contributed by atoms with E-state index >= 15 is 0 Å². The summed E-state index contributed by atoms with van der Waals surface area (Å²) in [6, 6.07) is 12.6. The number of benzene rings is 2. The Morgan fingerprint density at radius 1 is 1.06 bits per heavy atom. The minimum atomic E-state index is -0.180. The Bertz CT molecular complexity index is 982. The lowest BCUT2D eigenvalue weighted by Gasteiger charge is -2.31. The van der Waals surface area contributed by atoms with Gasteiger partial charge in [0.2, 0.25) is 5.91 Å². The number of carbonyl (C=O) groups is 2. The predicted octanol–water partition coefficient (Wildman–Crippen LogP) is 3.89. The first-order valence-electron chi connectivity index (χ1n) is 11.7. The summed E-state index contributed by atoms with van der Waals surface area (Å²) in [4.78, 5) is 27.0. The van der Waals surface area contributed by atoms with E-state index in [-0.39, 0.29) is 17.7 Å². The first-order chi connectivity index (χ1) is 16.5. The lowest BCUT2D eigenvalue weighted by atomic mass is 9.95. The molecule has 0 radical (unpaired) electrons. The van der Waals surface area contributed by atoms with Gasteiger partial charge in [0.1, 0.15) is 5.75 Å². The molecule has 0 saturated carbocycles. The summed E-state index contributed by atoms with van der Waals surface area (Å²) < 4.78 is 16.5. The van der Waals surface area contributed by atoms with Gasteiger partial charge in [0.05, 0.1) is 26.5 Å². The molecule has 34 heavy (non-hydrogen) atoms. The minimum absolute atomic E-state index is 0.0315. The molecule has 0 aliphatic carbocycles. The van der Waals surface area contributed by atoms with E-state index in [1.54, 1.807) is 42.5 Å². The van der Waals surface area contributed by atoms with Gasteiger partial charge in [-0.05, 0) is 74.2 Å². The molecule has 1 saturated heterocycles. The van der Waals surface area contributed by atoms with Crippen molar-refractivity contribution in [3.8, 4) is 17.2 Å². The largest absolute Gasteiger partial charge is 0.497 e. The lowest BCUT2D eigenvalue weighted by Crippen LogP contribution is -2.42. The molecule has 1 heterocycles. The van der Waals surface area contributed by atoms with Crippen molar-refractivity contribution in [1.29, 1.82) is 0 Å². The molecule has 0 spiro atoms. The molecule has 3 rings (SSSR count). The Morgan fingerprint density at radius 3 is 2.44 bits per heavy atom. The van der Waals surface area contributed by atoms with Crippen LogP contribution in [0.3, 0.4) is 0 Å². The first kappa shape index (κ1) is 25.1. The van der Waals surface area contributed by atoms with Crippen LogP contribution in [0.1, 0.15) is 49.0 Å². The van der Waals surface area contributed by atoms with E-state index in [9.17, 15) is 9.59 Å². The average Bonchev–Trinajstić information content (AvgIpc) is 2.88. The Morgan fingerprint density at radius 2 is 1.79 bits per heavy atom. The molecule has 0 unspecified atom stereocenters. The van der Waals surface area contributed by atoms with Crippen LogP contribution < -0.4 is 19.6 Å². The quantitative estimate of drug-likeness (QED) is 0.423. The zero-order chi connectivity index (χ0) is 24.3. The maximum atomic E-state index is 12.7. The molecule has 1 aliphatic heterocycles. The van der Waals surface area contributed by atoms with Crippen LogP contribution in [-0.2, 0) is 4.79 Å². The fraction of sp³-hybridized carbons (Fsp3) is 0.423. The highest BCUT2D eigenvalue weighted by Crippen LogP contribution is 2.28. The van der Waals surface area contributed by atoms with Crippen molar-refractivity contribution in [3.05, 3.63) is 53.6 Å². The third-order valence-corrected chi connectivity index (χ3v) is 5.61. The number of nitrogens with zero attached hydrogens (tertiary/aromatic N) is 2. The first-order valence-corrected chi connectivity index (χ1v) is 11.7. The summed E-state index contributed by atoms with van der Waals surface area (Å²) in [6.45, 7) is 6.17. The molecule has 2 aromatic rings. The Balaban J connectivity index is 1.50. The highest BCUT2D eigenvalue weighted by atomic mass is 16.5. The van der Waals surface area contributed by atoms with Crippen LogP contribution in [0.25, 0.3) is 0 Å². The third kappa shape index (κ3) is 6.73. The summed E-state index contributed by atoms with van der Waals surface area (Å²) in [5, 5.41) is 4.11. The maximum absolute atomic E-state index is 12.7. The van der Waals surface area contributed by atoms with Crippen LogP contribution in [0, 0.1) is 5.92 Å². The second-order valence-corrected chi connectivity index (χ2v) is 8.02. The van der Waals surface area contributed by atoms with Crippen LogP contribution in [0.4, 0.5) is 0 Å². The molecule has 182 valence electrons. The Hall–Kier alpha value is -3.55. The van der Waals surface area contributed by atoms with Gasteiger partial charge in [0.25, 0.3) is 5.91 Å². The van der Waals surface area contributed by atoms with Gasteiger partial charge in [-0.15, -0.1) is 0 Å². The van der Waals surface area contributed by atoms with Gasteiger partial charge in [0, 0.05) is 24.6 Å². The van der Waals surface area contributed by atoms with Gasteiger partial charge in [-0.25, -0.2) is 5.43 Å². The minimum Gasteiger partial charge on any atom is -0.497 e. The fourth-order valence-electron chi connectivity index (χ4n) is 3.73. The second kappa shape index (κ2) is 12.6. The number of rotatable bonds is 10. The lowest BCUT2D eigenvalue weighted by molar-refractivity contribution is -0.126. The van der Waals surface area contributed by atoms with E-state index in [1.165, 1.54) is 0 Å². The highest BCUT2D eigenvalue weighted by Gasteiger charge is 2.27. The second-order valence-electron chi connectivity index (χ2n) is 8.02. The van der Waals surface area contributed by atoms with E-state index < -0.39 is 0 Å². The number of methoxy groups -OCH3 is 1. The summed E-state index contributed by atoms with van der Waals surface area (Å²) in [5.74, 6) is 1.71. The third-order valence-electron chi connectivity index (χ3n) is 5.61. The Kier molecular flexibility index (Phi) is 9.31. The van der Waals surface area contributed by atoms with E-state index in [2.05, 4.69) is 10.5 Å². The normalized spacial score (nSPS) is 14.1. The van der Waals surface area contributed by atoms with E-state index in [4.69, 9.17) is 14.2 Å². The van der Waals surface area contributed by atoms with Crippen LogP contribution in [0.15, 0.2) is 47.6 Å². The zero-order valence-corrected chi connectivity index (χ0v) is 20.1. The summed E-state index contributed by atoms with van der Waals surface area (Å²) in [5.41, 5.74) is 4.05. The molecule has 0 bridgehead atoms. The van der Waals surface area contributed by atoms with E-state index in [1.807, 2.05) is 32.0 Å². The molecule has 1 N–H and O–H groups in total. The van der Waals surface area contributed by atoms with Gasteiger partial charge in [-0.2, -0.15) is 5.10 Å². The van der Waals surface area contributed by atoms with Crippen molar-refractivity contribution in [2.45, 2.75) is 33.1 Å². The van der Waals surface area contributed by atoms with Crippen molar-refractivity contribution in [3.63, 3.8) is 0 Å². The number of carbonyl (C=O) groups excluding carboxylic acids is 2. The summed E-state index contributed by atoms with van der Waals surface area (Å²) >= 11 is 0. The monoisotopic (exact) mass is 467 g/mol. The van der Waals surface area contributed by atoms with Crippen molar-refractivity contribution in [1.82, 2.24) is 10.3 Å². The van der Waals surface area contributed by atoms with Crippen molar-refractivity contribution in [2.75, 3.05) is 33.4 Å².